The van der Waals surface area contributed by atoms with E-state index in [1.165, 1.54) is 11.7 Å². The number of anilines is 1. The molecule has 1 N–H and O–H groups in total. The first kappa shape index (κ1) is 14.0. The van der Waals surface area contributed by atoms with Crippen LogP contribution in [0.4, 0.5) is 5.69 Å². The third-order valence-corrected chi connectivity index (χ3v) is 5.12. The number of fused-ring (bicyclic) bond motifs is 1. The number of nitrogens with one attached hydrogen (secondary N) is 1. The quantitative estimate of drug-likeness (QED) is 0.763. The van der Waals surface area contributed by atoms with Crippen molar-refractivity contribution in [1.29, 1.82) is 0 Å². The summed E-state index contributed by atoms with van der Waals surface area (Å²) in [7, 11) is -2.31. The lowest BCUT2D eigenvalue weighted by molar-refractivity contribution is 0.578. The van der Waals surface area contributed by atoms with Crippen molar-refractivity contribution in [2.75, 3.05) is 4.72 Å². The highest BCUT2D eigenvalue weighted by Gasteiger charge is 2.24. The van der Waals surface area contributed by atoms with E-state index in [1.54, 1.807) is 24.4 Å². The number of aryl methyl sites for hydroxylation is 1. The van der Waals surface area contributed by atoms with Gasteiger partial charge in [-0.2, -0.15) is 8.42 Å². The number of benzene rings is 1. The predicted octanol–water partition coefficient (Wildman–Crippen LogP) is 1.93. The van der Waals surface area contributed by atoms with Crippen LogP contribution in [0.15, 0.2) is 46.2 Å². The van der Waals surface area contributed by atoms with E-state index in [9.17, 15) is 8.42 Å². The van der Waals surface area contributed by atoms with Crippen LogP contribution in [0.3, 0.4) is 0 Å². The highest BCUT2D eigenvalue weighted by Crippen LogP contribution is 2.25. The number of aromatic nitrogens is 4. The molecule has 9 heteroatoms. The van der Waals surface area contributed by atoms with Gasteiger partial charge in [0.05, 0.1) is 11.2 Å². The topological polar surface area (TPSA) is 89.8 Å². The number of hydrogen-bond acceptors (Lipinski definition) is 5. The minimum atomic E-state index is -3.82. The molecule has 0 saturated heterocycles. The highest BCUT2D eigenvalue weighted by atomic mass is 79.9. The van der Waals surface area contributed by atoms with Gasteiger partial charge in [0, 0.05) is 18.6 Å². The fourth-order valence-electron chi connectivity index (χ4n) is 1.99. The second-order valence-electron chi connectivity index (χ2n) is 4.30. The van der Waals surface area contributed by atoms with Crippen molar-refractivity contribution in [2.45, 2.75) is 5.03 Å². The first-order valence-corrected chi connectivity index (χ1v) is 8.18. The average molecular weight is 368 g/mol. The minimum absolute atomic E-state index is 0.0459. The van der Waals surface area contributed by atoms with Crippen molar-refractivity contribution >= 4 is 42.5 Å². The fourth-order valence-corrected chi connectivity index (χ4v) is 4.15. The molecular formula is C12H10BrN5O2S. The van der Waals surface area contributed by atoms with Gasteiger partial charge in [-0.3, -0.25) is 9.71 Å². The molecule has 2 heterocycles. The van der Waals surface area contributed by atoms with E-state index in [1.807, 2.05) is 12.1 Å². The molecule has 2 aromatic heterocycles. The van der Waals surface area contributed by atoms with Crippen LogP contribution in [0.1, 0.15) is 0 Å². The summed E-state index contributed by atoms with van der Waals surface area (Å²) in [5, 5.41) is 8.15. The standard InChI is InChI=1S/C12H10BrN5O2S/c1-18-12(11(13)15-17-18)21(19,20)16-9-6-2-4-8-5-3-7-14-10(8)9/h2-7,16H,1H3. The van der Waals surface area contributed by atoms with Crippen LogP contribution in [-0.4, -0.2) is 28.4 Å². The molecule has 0 aliphatic carbocycles. The summed E-state index contributed by atoms with van der Waals surface area (Å²) in [6, 6.07) is 8.94. The number of para-hydroxylation sites is 1. The lowest BCUT2D eigenvalue weighted by Crippen LogP contribution is -2.17. The van der Waals surface area contributed by atoms with Gasteiger partial charge < -0.3 is 0 Å². The van der Waals surface area contributed by atoms with Crippen LogP contribution in [0.5, 0.6) is 0 Å². The van der Waals surface area contributed by atoms with Crippen LogP contribution in [0.2, 0.25) is 0 Å². The van der Waals surface area contributed by atoms with E-state index >= 15 is 0 Å². The number of halogens is 1. The molecule has 1 aromatic carbocycles. The molecule has 7 nitrogen and oxygen atoms in total. The lowest BCUT2D eigenvalue weighted by atomic mass is 10.2. The second kappa shape index (κ2) is 5.08. The zero-order valence-electron chi connectivity index (χ0n) is 10.9. The second-order valence-corrected chi connectivity index (χ2v) is 6.64. The van der Waals surface area contributed by atoms with Gasteiger partial charge >= 0.3 is 0 Å². The largest absolute Gasteiger partial charge is 0.281 e. The fraction of sp³-hybridized carbons (Fsp3) is 0.0833. The lowest BCUT2D eigenvalue weighted by Gasteiger charge is -2.09. The Balaban J connectivity index is 2.10. The molecule has 3 rings (SSSR count). The maximum atomic E-state index is 12.5. The van der Waals surface area contributed by atoms with E-state index in [0.29, 0.717) is 11.2 Å². The maximum absolute atomic E-state index is 12.5. The summed E-state index contributed by atoms with van der Waals surface area (Å²) in [5.41, 5.74) is 0.982. The number of hydrogen-bond donors (Lipinski definition) is 1. The molecule has 0 unspecified atom stereocenters. The highest BCUT2D eigenvalue weighted by molar-refractivity contribution is 9.10. The zero-order valence-corrected chi connectivity index (χ0v) is 13.3. The molecule has 0 bridgehead atoms. The van der Waals surface area contributed by atoms with Gasteiger partial charge in [0.25, 0.3) is 10.0 Å². The monoisotopic (exact) mass is 367 g/mol. The van der Waals surface area contributed by atoms with Crippen molar-refractivity contribution in [3.63, 3.8) is 0 Å². The third kappa shape index (κ3) is 2.49. The van der Waals surface area contributed by atoms with Crippen molar-refractivity contribution in [3.05, 3.63) is 41.1 Å². The minimum Gasteiger partial charge on any atom is -0.276 e. The summed E-state index contributed by atoms with van der Waals surface area (Å²) in [6.07, 6.45) is 1.61. The van der Waals surface area contributed by atoms with Crippen molar-refractivity contribution in [2.24, 2.45) is 7.05 Å². The molecular weight excluding hydrogens is 358 g/mol. The Labute approximate surface area is 129 Å². The van der Waals surface area contributed by atoms with Crippen LogP contribution < -0.4 is 4.72 Å². The molecule has 0 fully saturated rings. The smallest absolute Gasteiger partial charge is 0.276 e. The SMILES string of the molecule is Cn1nnc(Br)c1S(=O)(=O)Nc1cccc2cccnc12. The molecule has 0 amide bonds. The molecule has 0 radical (unpaired) electrons. The van der Waals surface area contributed by atoms with Gasteiger partial charge in [0.1, 0.15) is 0 Å². The Morgan fingerprint density at radius 3 is 2.71 bits per heavy atom. The summed E-state index contributed by atoms with van der Waals surface area (Å²) in [6.45, 7) is 0. The normalized spacial score (nSPS) is 11.7. The Bertz CT molecular complexity index is 898. The van der Waals surface area contributed by atoms with Gasteiger partial charge in [-0.05, 0) is 28.1 Å². The van der Waals surface area contributed by atoms with Gasteiger partial charge in [0.15, 0.2) is 4.60 Å². The molecule has 0 saturated carbocycles. The first-order valence-electron chi connectivity index (χ1n) is 5.91. The van der Waals surface area contributed by atoms with Gasteiger partial charge in [-0.1, -0.05) is 23.4 Å². The molecule has 0 spiro atoms. The molecule has 0 aliphatic rings. The molecule has 3 aromatic rings. The number of sulfonamides is 1. The van der Waals surface area contributed by atoms with E-state index in [0.717, 1.165) is 5.39 Å². The zero-order chi connectivity index (χ0) is 15.0. The first-order chi connectivity index (χ1) is 9.99. The predicted molar refractivity (Wildman–Crippen MR) is 81.3 cm³/mol. The van der Waals surface area contributed by atoms with Crippen molar-refractivity contribution < 1.29 is 8.42 Å². The third-order valence-electron chi connectivity index (χ3n) is 2.87. The van der Waals surface area contributed by atoms with Crippen LogP contribution >= 0.6 is 15.9 Å². The average Bonchev–Trinajstić information content (AvgIpc) is 2.79. The van der Waals surface area contributed by atoms with E-state index < -0.39 is 10.0 Å². The Morgan fingerprint density at radius 1 is 1.24 bits per heavy atom. The molecule has 108 valence electrons. The van der Waals surface area contributed by atoms with Crippen molar-refractivity contribution in [1.82, 2.24) is 20.0 Å². The summed E-state index contributed by atoms with van der Waals surface area (Å²) < 4.78 is 28.8. The Hall–Kier alpha value is -2.00. The molecule has 0 aliphatic heterocycles. The summed E-state index contributed by atoms with van der Waals surface area (Å²) >= 11 is 3.09. The van der Waals surface area contributed by atoms with Gasteiger partial charge in [0.2, 0.25) is 5.03 Å². The summed E-state index contributed by atoms with van der Waals surface area (Å²) in [4.78, 5) is 4.21. The number of nitrogens with zero attached hydrogens (tertiary/aromatic N) is 4. The number of rotatable bonds is 3. The van der Waals surface area contributed by atoms with Crippen LogP contribution in [0.25, 0.3) is 10.9 Å². The van der Waals surface area contributed by atoms with E-state index in [-0.39, 0.29) is 9.63 Å². The Kier molecular flexibility index (Phi) is 3.38. The van der Waals surface area contributed by atoms with Crippen molar-refractivity contribution in [3.8, 4) is 0 Å². The van der Waals surface area contributed by atoms with Crippen LogP contribution in [0, 0.1) is 0 Å². The summed E-state index contributed by atoms with van der Waals surface area (Å²) in [5.74, 6) is 0. The van der Waals surface area contributed by atoms with Gasteiger partial charge in [-0.25, -0.2) is 4.68 Å². The van der Waals surface area contributed by atoms with Crippen LogP contribution in [-0.2, 0) is 17.1 Å². The van der Waals surface area contributed by atoms with E-state index in [2.05, 4.69) is 35.9 Å². The number of pyridine rings is 1. The van der Waals surface area contributed by atoms with Gasteiger partial charge in [-0.15, -0.1) is 5.10 Å². The maximum Gasteiger partial charge on any atom is 0.281 e. The molecule has 21 heavy (non-hydrogen) atoms. The Morgan fingerprint density at radius 2 is 2.00 bits per heavy atom. The molecule has 0 atom stereocenters. The van der Waals surface area contributed by atoms with E-state index in [4.69, 9.17) is 0 Å².